The zero-order valence-corrected chi connectivity index (χ0v) is 14.9. The highest BCUT2D eigenvalue weighted by Crippen LogP contribution is 2.44. The number of carbonyl (C=O) groups is 1. The fourth-order valence-electron chi connectivity index (χ4n) is 1.81. The first-order valence-corrected chi connectivity index (χ1v) is 9.02. The van der Waals surface area contributed by atoms with E-state index in [4.69, 9.17) is 24.9 Å². The van der Waals surface area contributed by atoms with E-state index in [0.717, 1.165) is 12.3 Å². The second-order valence-corrected chi connectivity index (χ2v) is 6.98. The zero-order chi connectivity index (χ0) is 19.8. The molecule has 0 aromatic rings. The highest BCUT2D eigenvalue weighted by molar-refractivity contribution is 7.58. The second-order valence-electron chi connectivity index (χ2n) is 5.19. The minimum absolute atomic E-state index is 0.296. The summed E-state index contributed by atoms with van der Waals surface area (Å²) in [6.45, 7) is -1.34. The first-order valence-electron chi connectivity index (χ1n) is 7.25. The predicted octanol–water partition coefficient (Wildman–Crippen LogP) is 0.143. The van der Waals surface area contributed by atoms with Crippen molar-refractivity contribution in [1.29, 1.82) is 5.41 Å². The SMILES string of the molecule is C=P(O)(OCOC(=O)COC)OC[C@@H]1CC(F)(F)[C@H](N/C=C\C(=N)N)O1. The molecule has 0 radical (unpaired) electrons. The molecule has 0 bridgehead atoms. The Morgan fingerprint density at radius 3 is 2.88 bits per heavy atom. The van der Waals surface area contributed by atoms with Gasteiger partial charge in [-0.15, -0.1) is 0 Å². The van der Waals surface area contributed by atoms with Crippen LogP contribution in [0, 0.1) is 5.41 Å². The van der Waals surface area contributed by atoms with Crippen LogP contribution in [0.1, 0.15) is 6.42 Å². The van der Waals surface area contributed by atoms with Crippen molar-refractivity contribution in [3.63, 3.8) is 0 Å². The summed E-state index contributed by atoms with van der Waals surface area (Å²) in [5.41, 5.74) is 5.07. The molecule has 3 atom stereocenters. The second kappa shape index (κ2) is 9.95. The van der Waals surface area contributed by atoms with Crippen LogP contribution in [0.4, 0.5) is 8.78 Å². The highest BCUT2D eigenvalue weighted by atomic mass is 31.2. The Bertz CT molecular complexity index is 576. The number of hydrogen-bond donors (Lipinski definition) is 4. The number of hydrogen-bond acceptors (Lipinski definition) is 9. The molecule has 1 aliphatic rings. The van der Waals surface area contributed by atoms with Crippen LogP contribution in [0.5, 0.6) is 0 Å². The Morgan fingerprint density at radius 1 is 1.58 bits per heavy atom. The van der Waals surface area contributed by atoms with Gasteiger partial charge in [0, 0.05) is 19.7 Å². The van der Waals surface area contributed by atoms with E-state index in [-0.39, 0.29) is 12.4 Å². The summed E-state index contributed by atoms with van der Waals surface area (Å²) in [7, 11) is -2.34. The van der Waals surface area contributed by atoms with Crippen molar-refractivity contribution < 1.29 is 41.7 Å². The van der Waals surface area contributed by atoms with Gasteiger partial charge < -0.3 is 34.7 Å². The molecule has 0 spiro atoms. The number of halogens is 2. The summed E-state index contributed by atoms with van der Waals surface area (Å²) < 4.78 is 51.7. The number of carbonyl (C=O) groups excluding carboxylic acids is 1. The van der Waals surface area contributed by atoms with Gasteiger partial charge in [-0.05, 0) is 12.4 Å². The maximum absolute atomic E-state index is 13.8. The maximum atomic E-state index is 13.8. The number of nitrogens with two attached hydrogens (primary N) is 1. The van der Waals surface area contributed by atoms with E-state index in [1.165, 1.54) is 7.11 Å². The van der Waals surface area contributed by atoms with Crippen LogP contribution >= 0.6 is 7.57 Å². The number of ether oxygens (including phenoxy) is 3. The van der Waals surface area contributed by atoms with Gasteiger partial charge in [0.05, 0.1) is 12.7 Å². The summed E-state index contributed by atoms with van der Waals surface area (Å²) in [4.78, 5) is 20.9. The third kappa shape index (κ3) is 8.21. The van der Waals surface area contributed by atoms with Gasteiger partial charge in [-0.2, -0.15) is 0 Å². The Morgan fingerprint density at radius 2 is 2.27 bits per heavy atom. The molecule has 0 aromatic heterocycles. The fraction of sp³-hybridized carbons (Fsp3) is 0.615. The summed E-state index contributed by atoms with van der Waals surface area (Å²) in [5, 5.41) is 9.26. The first-order chi connectivity index (χ1) is 12.1. The molecule has 0 saturated carbocycles. The van der Waals surface area contributed by atoms with Crippen molar-refractivity contribution in [2.24, 2.45) is 5.73 Å². The third-order valence-corrected chi connectivity index (χ3v) is 3.98. The van der Waals surface area contributed by atoms with Crippen LogP contribution < -0.4 is 11.1 Å². The molecule has 13 heteroatoms. The molecule has 1 heterocycles. The van der Waals surface area contributed by atoms with Crippen LogP contribution in [0.25, 0.3) is 0 Å². The van der Waals surface area contributed by atoms with Crippen LogP contribution in [0.2, 0.25) is 0 Å². The molecule has 1 fully saturated rings. The quantitative estimate of drug-likeness (QED) is 0.125. The average Bonchev–Trinajstić information content (AvgIpc) is 2.79. The smallest absolute Gasteiger partial charge is 0.334 e. The normalized spacial score (nSPS) is 24.3. The maximum Gasteiger partial charge on any atom is 0.334 e. The van der Waals surface area contributed by atoms with E-state index >= 15 is 0 Å². The Hall–Kier alpha value is -1.56. The van der Waals surface area contributed by atoms with Crippen molar-refractivity contribution in [2.75, 3.05) is 27.1 Å². The lowest BCUT2D eigenvalue weighted by molar-refractivity contribution is -0.155. The van der Waals surface area contributed by atoms with Crippen LogP contribution in [0.15, 0.2) is 12.3 Å². The predicted molar refractivity (Wildman–Crippen MR) is 88.5 cm³/mol. The van der Waals surface area contributed by atoms with Gasteiger partial charge in [-0.25, -0.2) is 13.6 Å². The lowest BCUT2D eigenvalue weighted by Gasteiger charge is -2.20. The summed E-state index contributed by atoms with van der Waals surface area (Å²) >= 11 is 0. The standard InChI is InChI=1S/C13H22F2N3O7P/c1-21-7-11(19)22-8-24-26(2,20)23-6-9-5-13(14,15)12(25-9)18-4-3-10(16)17/h3-4,9,12,18,20H,2,5-8H2,1H3,(H3,16,17)/b4-3-/t9-,12+,26?/m0/s1. The van der Waals surface area contributed by atoms with E-state index in [0.29, 0.717) is 0 Å². The number of esters is 1. The van der Waals surface area contributed by atoms with Gasteiger partial charge in [-0.1, -0.05) is 0 Å². The fourth-order valence-corrected chi connectivity index (χ4v) is 2.50. The van der Waals surface area contributed by atoms with Gasteiger partial charge in [0.1, 0.15) is 12.4 Å². The average molecular weight is 401 g/mol. The molecule has 1 saturated heterocycles. The monoisotopic (exact) mass is 401 g/mol. The van der Waals surface area contributed by atoms with E-state index in [1.807, 2.05) is 0 Å². The molecule has 26 heavy (non-hydrogen) atoms. The summed E-state index contributed by atoms with van der Waals surface area (Å²) in [5.74, 6) is -4.24. The van der Waals surface area contributed by atoms with Gasteiger partial charge in [0.15, 0.2) is 13.0 Å². The number of rotatable bonds is 11. The molecular formula is C13H22F2N3O7P. The molecule has 1 aliphatic heterocycles. The van der Waals surface area contributed by atoms with Gasteiger partial charge >= 0.3 is 5.97 Å². The summed E-state index contributed by atoms with van der Waals surface area (Å²) in [6.07, 6.45) is 2.11. The van der Waals surface area contributed by atoms with Crippen molar-refractivity contribution in [1.82, 2.24) is 5.32 Å². The number of amidine groups is 1. The summed E-state index contributed by atoms with van der Waals surface area (Å²) in [6, 6.07) is 0. The van der Waals surface area contributed by atoms with Crippen LogP contribution in [-0.4, -0.2) is 68.4 Å². The molecule has 0 aromatic carbocycles. The molecule has 150 valence electrons. The van der Waals surface area contributed by atoms with E-state index < -0.39 is 51.6 Å². The molecule has 1 rings (SSSR count). The molecular weight excluding hydrogens is 379 g/mol. The molecule has 0 aliphatic carbocycles. The first kappa shape index (κ1) is 22.5. The third-order valence-electron chi connectivity index (χ3n) is 2.92. The zero-order valence-electron chi connectivity index (χ0n) is 14.0. The van der Waals surface area contributed by atoms with E-state index in [1.54, 1.807) is 0 Å². The lowest BCUT2D eigenvalue weighted by atomic mass is 10.2. The van der Waals surface area contributed by atoms with Crippen LogP contribution in [0.3, 0.4) is 0 Å². The van der Waals surface area contributed by atoms with E-state index in [2.05, 4.69) is 21.1 Å². The molecule has 0 amide bonds. The number of methoxy groups -OCH3 is 1. The van der Waals surface area contributed by atoms with Gasteiger partial charge in [-0.3, -0.25) is 9.93 Å². The Balaban J connectivity index is 2.40. The largest absolute Gasteiger partial charge is 0.436 e. The van der Waals surface area contributed by atoms with Gasteiger partial charge in [0.25, 0.3) is 13.5 Å². The van der Waals surface area contributed by atoms with Crippen molar-refractivity contribution >= 4 is 25.7 Å². The number of nitrogens with one attached hydrogen (secondary N) is 2. The van der Waals surface area contributed by atoms with E-state index in [9.17, 15) is 18.5 Å². The topological polar surface area (TPSA) is 145 Å². The molecule has 10 nitrogen and oxygen atoms in total. The number of alkyl halides is 2. The van der Waals surface area contributed by atoms with Crippen molar-refractivity contribution in [3.05, 3.63) is 12.3 Å². The molecule has 1 unspecified atom stereocenters. The van der Waals surface area contributed by atoms with Crippen LogP contribution in [-0.2, 0) is 28.1 Å². The van der Waals surface area contributed by atoms with Gasteiger partial charge in [0.2, 0.25) is 0 Å². The Kier molecular flexibility index (Phi) is 8.60. The lowest BCUT2D eigenvalue weighted by Crippen LogP contribution is -2.39. The Labute approximate surface area is 148 Å². The van der Waals surface area contributed by atoms with Crippen molar-refractivity contribution in [2.45, 2.75) is 24.7 Å². The molecule has 5 N–H and O–H groups in total. The highest BCUT2D eigenvalue weighted by Gasteiger charge is 2.50. The van der Waals surface area contributed by atoms with Crippen molar-refractivity contribution in [3.8, 4) is 0 Å². The minimum Gasteiger partial charge on any atom is -0.436 e. The minimum atomic E-state index is -3.64.